The third-order valence-electron chi connectivity index (χ3n) is 3.92. The zero-order valence-electron chi connectivity index (χ0n) is 14.4. The molecule has 130 valence electrons. The number of anilines is 1. The molecule has 2 N–H and O–H groups in total. The van der Waals surface area contributed by atoms with Crippen LogP contribution in [-0.2, 0) is 0 Å². The second kappa shape index (κ2) is 6.75. The molecule has 0 aliphatic carbocycles. The SMILES string of the molecule is CCCNC(=O)n1[nH]c(C)c(C=C=C2Oc3ccccc3N2C)c1=O. The highest BCUT2D eigenvalue weighted by Crippen LogP contribution is 2.36. The molecule has 25 heavy (non-hydrogen) atoms. The van der Waals surface area contributed by atoms with Crippen molar-refractivity contribution in [3.63, 3.8) is 0 Å². The van der Waals surface area contributed by atoms with Gasteiger partial charge in [-0.2, -0.15) is 4.68 Å². The monoisotopic (exact) mass is 340 g/mol. The van der Waals surface area contributed by atoms with Crippen molar-refractivity contribution in [3.8, 4) is 5.75 Å². The van der Waals surface area contributed by atoms with Gasteiger partial charge in [-0.15, -0.1) is 0 Å². The molecule has 0 unspecified atom stereocenters. The largest absolute Gasteiger partial charge is 0.432 e. The van der Waals surface area contributed by atoms with E-state index in [-0.39, 0.29) is 0 Å². The minimum Gasteiger partial charge on any atom is -0.432 e. The Hall–Kier alpha value is -3.18. The van der Waals surface area contributed by atoms with Gasteiger partial charge in [0.05, 0.1) is 11.3 Å². The second-order valence-electron chi connectivity index (χ2n) is 5.75. The van der Waals surface area contributed by atoms with Gasteiger partial charge in [-0.1, -0.05) is 24.8 Å². The van der Waals surface area contributed by atoms with Crippen LogP contribution in [0.2, 0.25) is 0 Å². The first-order valence-corrected chi connectivity index (χ1v) is 8.10. The summed E-state index contributed by atoms with van der Waals surface area (Å²) in [4.78, 5) is 26.3. The third kappa shape index (κ3) is 3.09. The van der Waals surface area contributed by atoms with Crippen LogP contribution in [0.5, 0.6) is 5.75 Å². The minimum atomic E-state index is -0.469. The topological polar surface area (TPSA) is 79.4 Å². The number of aryl methyl sites for hydroxylation is 1. The number of nitrogens with one attached hydrogen (secondary N) is 2. The Kier molecular flexibility index (Phi) is 4.50. The van der Waals surface area contributed by atoms with E-state index in [9.17, 15) is 9.59 Å². The fraction of sp³-hybridized carbons (Fsp3) is 0.278. The van der Waals surface area contributed by atoms with Crippen LogP contribution in [0, 0.1) is 6.92 Å². The molecule has 2 heterocycles. The molecule has 7 heteroatoms. The molecule has 1 aromatic heterocycles. The molecule has 7 nitrogen and oxygen atoms in total. The molecular formula is C18H20N4O3. The molecule has 1 aliphatic rings. The Bertz CT molecular complexity index is 932. The fourth-order valence-corrected chi connectivity index (χ4v) is 2.55. The summed E-state index contributed by atoms with van der Waals surface area (Å²) in [5.41, 5.74) is 4.47. The summed E-state index contributed by atoms with van der Waals surface area (Å²) >= 11 is 0. The van der Waals surface area contributed by atoms with E-state index >= 15 is 0 Å². The number of H-pyrrole nitrogens is 1. The average Bonchev–Trinajstić information content (AvgIpc) is 3.08. The number of para-hydroxylation sites is 2. The molecular weight excluding hydrogens is 320 g/mol. The number of aromatic nitrogens is 2. The molecule has 3 rings (SSSR count). The molecule has 0 fully saturated rings. The number of carbonyl (C=O) groups excluding carboxylic acids is 1. The fourth-order valence-electron chi connectivity index (χ4n) is 2.55. The number of nitrogens with zero attached hydrogens (tertiary/aromatic N) is 2. The van der Waals surface area contributed by atoms with Gasteiger partial charge in [0.1, 0.15) is 0 Å². The summed E-state index contributed by atoms with van der Waals surface area (Å²) in [6.07, 6.45) is 2.33. The van der Waals surface area contributed by atoms with Crippen molar-refractivity contribution in [1.82, 2.24) is 15.1 Å². The molecule has 0 spiro atoms. The van der Waals surface area contributed by atoms with E-state index in [4.69, 9.17) is 4.74 Å². The van der Waals surface area contributed by atoms with Crippen LogP contribution in [0.1, 0.15) is 24.6 Å². The maximum absolute atomic E-state index is 12.4. The molecule has 0 saturated carbocycles. The van der Waals surface area contributed by atoms with Crippen molar-refractivity contribution in [3.05, 3.63) is 57.5 Å². The summed E-state index contributed by atoms with van der Waals surface area (Å²) in [6.45, 7) is 4.19. The molecule has 0 radical (unpaired) electrons. The van der Waals surface area contributed by atoms with Gasteiger partial charge in [0, 0.05) is 25.4 Å². The third-order valence-corrected chi connectivity index (χ3v) is 3.92. The van der Waals surface area contributed by atoms with Gasteiger partial charge >= 0.3 is 6.03 Å². The van der Waals surface area contributed by atoms with Crippen molar-refractivity contribution in [1.29, 1.82) is 0 Å². The number of amides is 1. The Morgan fingerprint density at radius 2 is 2.16 bits per heavy atom. The smallest absolute Gasteiger partial charge is 0.343 e. The van der Waals surface area contributed by atoms with Gasteiger partial charge in [-0.05, 0) is 25.5 Å². The van der Waals surface area contributed by atoms with Crippen LogP contribution in [-0.4, -0.2) is 29.4 Å². The van der Waals surface area contributed by atoms with Gasteiger partial charge in [0.2, 0.25) is 5.88 Å². The lowest BCUT2D eigenvalue weighted by Crippen LogP contribution is -2.36. The van der Waals surface area contributed by atoms with E-state index in [1.54, 1.807) is 6.92 Å². The van der Waals surface area contributed by atoms with E-state index < -0.39 is 11.6 Å². The first-order valence-electron chi connectivity index (χ1n) is 8.10. The summed E-state index contributed by atoms with van der Waals surface area (Å²) in [5, 5.41) is 5.45. The van der Waals surface area contributed by atoms with Crippen LogP contribution in [0.25, 0.3) is 6.08 Å². The highest BCUT2D eigenvalue weighted by Gasteiger charge is 2.22. The predicted octanol–water partition coefficient (Wildman–Crippen LogP) is 2.43. The van der Waals surface area contributed by atoms with E-state index in [2.05, 4.69) is 16.1 Å². The number of hydrogen-bond acceptors (Lipinski definition) is 4. The molecule has 0 saturated heterocycles. The van der Waals surface area contributed by atoms with Crippen molar-refractivity contribution >= 4 is 17.8 Å². The van der Waals surface area contributed by atoms with Crippen LogP contribution < -0.4 is 20.5 Å². The number of hydrogen-bond donors (Lipinski definition) is 2. The van der Waals surface area contributed by atoms with E-state index in [1.165, 1.54) is 6.08 Å². The summed E-state index contributed by atoms with van der Waals surface area (Å²) in [7, 11) is 1.86. The van der Waals surface area contributed by atoms with Crippen LogP contribution in [0.15, 0.2) is 40.7 Å². The van der Waals surface area contributed by atoms with Crippen molar-refractivity contribution < 1.29 is 9.53 Å². The number of carbonyl (C=O) groups is 1. The Balaban J connectivity index is 1.92. The van der Waals surface area contributed by atoms with Gasteiger partial charge in [0.15, 0.2) is 5.75 Å². The molecule has 0 atom stereocenters. The van der Waals surface area contributed by atoms with Crippen molar-refractivity contribution in [2.75, 3.05) is 18.5 Å². The zero-order chi connectivity index (χ0) is 18.0. The van der Waals surface area contributed by atoms with Crippen LogP contribution in [0.4, 0.5) is 10.5 Å². The average molecular weight is 340 g/mol. The molecule has 2 aromatic rings. The minimum absolute atomic E-state index is 0.368. The normalized spacial score (nSPS) is 12.4. The van der Waals surface area contributed by atoms with Gasteiger partial charge in [-0.25, -0.2) is 4.79 Å². The highest BCUT2D eigenvalue weighted by atomic mass is 16.5. The Morgan fingerprint density at radius 3 is 2.88 bits per heavy atom. The summed E-state index contributed by atoms with van der Waals surface area (Å²) in [6, 6.07) is 7.16. The van der Waals surface area contributed by atoms with Gasteiger partial charge in [-0.3, -0.25) is 9.89 Å². The number of ether oxygens (including phenoxy) is 1. The quantitative estimate of drug-likeness (QED) is 0.841. The lowest BCUT2D eigenvalue weighted by molar-refractivity contribution is 0.238. The van der Waals surface area contributed by atoms with Crippen LogP contribution in [0.3, 0.4) is 0 Å². The number of fused-ring (bicyclic) bond motifs is 1. The Labute approximate surface area is 145 Å². The predicted molar refractivity (Wildman–Crippen MR) is 95.8 cm³/mol. The first kappa shape index (κ1) is 16.7. The lowest BCUT2D eigenvalue weighted by Gasteiger charge is -2.07. The molecule has 1 amide bonds. The highest BCUT2D eigenvalue weighted by molar-refractivity contribution is 5.76. The van der Waals surface area contributed by atoms with E-state index in [0.29, 0.717) is 23.7 Å². The summed E-state index contributed by atoms with van der Waals surface area (Å²) in [5.74, 6) is 1.23. The number of rotatable bonds is 3. The second-order valence-corrected chi connectivity index (χ2v) is 5.75. The number of aromatic amines is 1. The standard InChI is InChI=1S/C18H20N4O3/c1-4-11-19-18(24)22-17(23)13(12(2)20-22)9-10-16-21(3)14-7-5-6-8-15(14)25-16/h5-9,20H,4,11H2,1-3H3,(H,19,24). The summed E-state index contributed by atoms with van der Waals surface area (Å²) < 4.78 is 6.70. The van der Waals surface area contributed by atoms with E-state index in [0.717, 1.165) is 22.5 Å². The Morgan fingerprint density at radius 1 is 1.40 bits per heavy atom. The molecule has 1 aliphatic heterocycles. The van der Waals surface area contributed by atoms with Crippen LogP contribution >= 0.6 is 0 Å². The van der Waals surface area contributed by atoms with E-state index in [1.807, 2.05) is 43.1 Å². The molecule has 1 aromatic carbocycles. The lowest BCUT2D eigenvalue weighted by atomic mass is 10.2. The first-order chi connectivity index (χ1) is 12.0. The maximum Gasteiger partial charge on any atom is 0.343 e. The zero-order valence-corrected chi connectivity index (χ0v) is 14.4. The maximum atomic E-state index is 12.4. The van der Waals surface area contributed by atoms with Gasteiger partial charge < -0.3 is 15.0 Å². The molecule has 0 bridgehead atoms. The van der Waals surface area contributed by atoms with Crippen molar-refractivity contribution in [2.24, 2.45) is 0 Å². The van der Waals surface area contributed by atoms with Crippen molar-refractivity contribution in [2.45, 2.75) is 20.3 Å². The van der Waals surface area contributed by atoms with Gasteiger partial charge in [0.25, 0.3) is 5.56 Å². The number of benzene rings is 1.